The summed E-state index contributed by atoms with van der Waals surface area (Å²) in [4.78, 5) is 0. The Labute approximate surface area is 238 Å². The van der Waals surface area contributed by atoms with Gasteiger partial charge in [0.05, 0.1) is 0 Å². The van der Waals surface area contributed by atoms with Gasteiger partial charge in [-0.25, -0.2) is 0 Å². The molecule has 5 atom stereocenters. The molecule has 0 aromatic heterocycles. The van der Waals surface area contributed by atoms with Crippen LogP contribution in [0, 0.1) is 36.0 Å². The van der Waals surface area contributed by atoms with Gasteiger partial charge in [0.1, 0.15) is 0 Å². The number of rotatable bonds is 3. The summed E-state index contributed by atoms with van der Waals surface area (Å²) in [5.41, 5.74) is 5.96. The zero-order valence-electron chi connectivity index (χ0n) is 20.3. The Kier molecular flexibility index (Phi) is 10.8. The fraction of sp³-hybridized carbons (Fsp3) is 0.312. The molecule has 0 aliphatic heterocycles. The molecule has 3 heteroatoms. The van der Waals surface area contributed by atoms with Gasteiger partial charge in [-0.05, 0) is 31.6 Å². The van der Waals surface area contributed by atoms with Crippen LogP contribution in [0.4, 0.5) is 0 Å². The van der Waals surface area contributed by atoms with Gasteiger partial charge < -0.3 is 31.2 Å². The predicted octanol–water partition coefficient (Wildman–Crippen LogP) is 1.68. The average molecular weight is 580 g/mol. The van der Waals surface area contributed by atoms with Crippen LogP contribution in [0.1, 0.15) is 43.7 Å². The molecule has 4 aliphatic carbocycles. The van der Waals surface area contributed by atoms with E-state index in [1.807, 2.05) is 0 Å². The van der Waals surface area contributed by atoms with Crippen molar-refractivity contribution in [1.29, 1.82) is 0 Å². The topological polar surface area (TPSA) is 0 Å². The Hall–Kier alpha value is -1.27. The molecule has 2 aromatic rings. The molecule has 35 heavy (non-hydrogen) atoms. The van der Waals surface area contributed by atoms with Gasteiger partial charge in [0.25, 0.3) is 0 Å². The van der Waals surface area contributed by atoms with Gasteiger partial charge in [-0.15, -0.1) is 12.0 Å². The SMILES string of the molecule is CC1=C(C2CCCC3C4C=CC=CC4[CH-]C23)CC=C1.[Cl-].[Cl-].[Zr+2]=[C](c1ccccc1)c1ccccc1. The number of allylic oxidation sites excluding steroid dienone is 8. The monoisotopic (exact) mass is 577 g/mol. The quantitative estimate of drug-likeness (QED) is 0.486. The molecule has 2 aromatic carbocycles. The zero-order valence-corrected chi connectivity index (χ0v) is 24.3. The Bertz CT molecular complexity index is 1060. The first-order valence-corrected chi connectivity index (χ1v) is 13.7. The molecule has 0 nitrogen and oxygen atoms in total. The molecule has 0 saturated heterocycles. The fourth-order valence-electron chi connectivity index (χ4n) is 6.36. The second-order valence-corrected chi connectivity index (χ2v) is 11.0. The molecule has 0 heterocycles. The molecule has 5 unspecified atom stereocenters. The number of benzene rings is 2. The van der Waals surface area contributed by atoms with E-state index in [1.165, 1.54) is 64.3 Å². The second kappa shape index (κ2) is 13.3. The molecule has 4 aliphatic rings. The number of halogens is 2. The maximum absolute atomic E-state index is 2.69. The van der Waals surface area contributed by atoms with Crippen molar-refractivity contribution >= 4 is 3.21 Å². The molecule has 6 rings (SSSR count). The molecule has 2 fully saturated rings. The van der Waals surface area contributed by atoms with Crippen molar-refractivity contribution in [3.63, 3.8) is 0 Å². The standard InChI is InChI=1S/C19H23.C13H10.2ClH.Zr/c1-13-6-4-9-15(13)17-10-5-11-18-16-8-3-2-7-14(16)12-19(17)18;1-3-7-12(8-4-1)11-13-9-5-2-6-10-13;;;/h2-4,6-8,12,14,16-19H,5,9-11H2,1H3;1-10H;2*1H;/q-1;;;;+2/p-2. The molecular formula is C32H33Cl2Zr-. The molecule has 0 spiro atoms. The molecule has 0 bridgehead atoms. The normalized spacial score (nSPS) is 27.7. The first-order chi connectivity index (χ1) is 16.2. The summed E-state index contributed by atoms with van der Waals surface area (Å²) in [6.45, 7) is 2.31. The van der Waals surface area contributed by atoms with Crippen LogP contribution in [0.15, 0.2) is 108 Å². The first kappa shape index (κ1) is 28.3. The Morgan fingerprint density at radius 3 is 2.09 bits per heavy atom. The van der Waals surface area contributed by atoms with Crippen molar-refractivity contribution < 1.29 is 49.0 Å². The van der Waals surface area contributed by atoms with E-state index in [2.05, 4.69) is 110 Å². The van der Waals surface area contributed by atoms with Crippen LogP contribution in [0.25, 0.3) is 0 Å². The van der Waals surface area contributed by atoms with Crippen LogP contribution in [-0.4, -0.2) is 3.21 Å². The number of hydrogen-bond acceptors (Lipinski definition) is 0. The van der Waals surface area contributed by atoms with Gasteiger partial charge in [0.15, 0.2) is 0 Å². The minimum absolute atomic E-state index is 0. The van der Waals surface area contributed by atoms with E-state index in [0.717, 1.165) is 29.6 Å². The summed E-state index contributed by atoms with van der Waals surface area (Å²) in [5, 5.41) is 0. The molecule has 180 valence electrons. The fourth-order valence-corrected chi connectivity index (χ4v) is 7.18. The third-order valence-corrected chi connectivity index (χ3v) is 9.38. The van der Waals surface area contributed by atoms with E-state index < -0.39 is 0 Å². The van der Waals surface area contributed by atoms with Crippen LogP contribution in [0.3, 0.4) is 0 Å². The summed E-state index contributed by atoms with van der Waals surface area (Å²) >= 11 is 1.46. The Morgan fingerprint density at radius 2 is 1.49 bits per heavy atom. The van der Waals surface area contributed by atoms with Gasteiger partial charge in [-0.2, -0.15) is 5.92 Å². The molecule has 2 saturated carbocycles. The van der Waals surface area contributed by atoms with E-state index in [9.17, 15) is 0 Å². The van der Waals surface area contributed by atoms with Gasteiger partial charge in [0.2, 0.25) is 0 Å². The van der Waals surface area contributed by atoms with E-state index in [0.29, 0.717) is 0 Å². The third kappa shape index (κ3) is 6.36. The van der Waals surface area contributed by atoms with Crippen molar-refractivity contribution in [3.05, 3.63) is 126 Å². The van der Waals surface area contributed by atoms with Gasteiger partial charge in [-0.1, -0.05) is 60.3 Å². The molecule has 0 amide bonds. The number of fused-ring (bicyclic) bond motifs is 3. The minimum atomic E-state index is 0. The van der Waals surface area contributed by atoms with Gasteiger partial charge in [0, 0.05) is 0 Å². The van der Waals surface area contributed by atoms with E-state index >= 15 is 0 Å². The molecular weight excluding hydrogens is 546 g/mol. The van der Waals surface area contributed by atoms with E-state index in [1.54, 1.807) is 11.1 Å². The Morgan fingerprint density at radius 1 is 0.857 bits per heavy atom. The first-order valence-electron chi connectivity index (χ1n) is 12.5. The molecule has 0 N–H and O–H groups in total. The van der Waals surface area contributed by atoms with Crippen LogP contribution >= 0.6 is 0 Å². The zero-order chi connectivity index (χ0) is 22.6. The summed E-state index contributed by atoms with van der Waals surface area (Å²) in [5.74, 6) is 4.09. The van der Waals surface area contributed by atoms with Gasteiger partial charge >= 0.3 is 99.2 Å². The average Bonchev–Trinajstić information content (AvgIpc) is 3.48. The van der Waals surface area contributed by atoms with Crippen molar-refractivity contribution in [1.82, 2.24) is 0 Å². The maximum atomic E-state index is 2.69. The van der Waals surface area contributed by atoms with Crippen molar-refractivity contribution in [2.45, 2.75) is 32.6 Å². The Balaban J connectivity index is 0.000000193. The van der Waals surface area contributed by atoms with Crippen LogP contribution in [0.5, 0.6) is 0 Å². The summed E-state index contributed by atoms with van der Waals surface area (Å²) in [6.07, 6.45) is 22.3. The van der Waals surface area contributed by atoms with Crippen molar-refractivity contribution in [2.75, 3.05) is 0 Å². The van der Waals surface area contributed by atoms with Crippen molar-refractivity contribution in [2.24, 2.45) is 29.6 Å². The van der Waals surface area contributed by atoms with Crippen LogP contribution < -0.4 is 24.8 Å². The summed E-state index contributed by atoms with van der Waals surface area (Å²) < 4.78 is 1.42. The van der Waals surface area contributed by atoms with Crippen LogP contribution in [-0.2, 0) is 24.2 Å². The van der Waals surface area contributed by atoms with E-state index in [4.69, 9.17) is 0 Å². The number of hydrogen-bond donors (Lipinski definition) is 0. The summed E-state index contributed by atoms with van der Waals surface area (Å²) in [7, 11) is 0. The molecule has 0 radical (unpaired) electrons. The van der Waals surface area contributed by atoms with Gasteiger partial charge in [-0.3, -0.25) is 0 Å². The van der Waals surface area contributed by atoms with E-state index in [-0.39, 0.29) is 24.8 Å². The summed E-state index contributed by atoms with van der Waals surface area (Å²) in [6, 6.07) is 21.1. The van der Waals surface area contributed by atoms with Crippen LogP contribution in [0.2, 0.25) is 0 Å². The second-order valence-electron chi connectivity index (χ2n) is 9.82. The third-order valence-electron chi connectivity index (χ3n) is 7.96. The van der Waals surface area contributed by atoms with Crippen molar-refractivity contribution in [3.8, 4) is 0 Å². The predicted molar refractivity (Wildman–Crippen MR) is 136 cm³/mol.